The number of nitrogens with zero attached hydrogens (tertiary/aromatic N) is 1. The van der Waals surface area contributed by atoms with Gasteiger partial charge >= 0.3 is 5.97 Å². The summed E-state index contributed by atoms with van der Waals surface area (Å²) in [5.74, 6) is 0.655. The van der Waals surface area contributed by atoms with E-state index in [2.05, 4.69) is 37.8 Å². The van der Waals surface area contributed by atoms with Crippen LogP contribution in [0.3, 0.4) is 0 Å². The molecule has 2 atom stereocenters. The summed E-state index contributed by atoms with van der Waals surface area (Å²) in [6.45, 7) is 8.76. The highest BCUT2D eigenvalue weighted by Crippen LogP contribution is 2.24. The third-order valence-electron chi connectivity index (χ3n) is 4.63. The van der Waals surface area contributed by atoms with E-state index in [4.69, 9.17) is 4.74 Å². The lowest BCUT2D eigenvalue weighted by atomic mass is 9.93. The summed E-state index contributed by atoms with van der Waals surface area (Å²) in [6, 6.07) is 8.63. The van der Waals surface area contributed by atoms with Crippen LogP contribution in [-0.2, 0) is 11.3 Å². The molecular weight excluding hydrogens is 290 g/mol. The Morgan fingerprint density at radius 1 is 1.30 bits per heavy atom. The first-order valence-electron chi connectivity index (χ1n) is 8.64. The van der Waals surface area contributed by atoms with Gasteiger partial charge in [0, 0.05) is 19.1 Å². The molecule has 4 heteroatoms. The largest absolute Gasteiger partial charge is 0.494 e. The minimum absolute atomic E-state index is 0.232. The van der Waals surface area contributed by atoms with E-state index in [1.54, 1.807) is 0 Å². The molecule has 128 valence electrons. The molecule has 0 radical (unpaired) electrons. The lowest BCUT2D eigenvalue weighted by molar-refractivity contribution is -0.144. The van der Waals surface area contributed by atoms with Crippen LogP contribution in [-0.4, -0.2) is 35.2 Å². The molecule has 1 saturated heterocycles. The third kappa shape index (κ3) is 5.54. The highest BCUT2D eigenvalue weighted by atomic mass is 16.5. The van der Waals surface area contributed by atoms with Gasteiger partial charge in [-0.2, -0.15) is 0 Å². The molecule has 2 unspecified atom stereocenters. The minimum atomic E-state index is -0.671. The molecule has 0 bridgehead atoms. The van der Waals surface area contributed by atoms with E-state index >= 15 is 0 Å². The summed E-state index contributed by atoms with van der Waals surface area (Å²) in [4.78, 5) is 13.5. The molecular formula is C19H29NO3. The molecule has 2 rings (SSSR count). The highest BCUT2D eigenvalue weighted by Gasteiger charge is 2.29. The molecule has 1 aromatic rings. The van der Waals surface area contributed by atoms with E-state index in [1.165, 1.54) is 5.56 Å². The highest BCUT2D eigenvalue weighted by molar-refractivity contribution is 5.70. The van der Waals surface area contributed by atoms with E-state index in [0.29, 0.717) is 18.5 Å². The molecule has 1 aliphatic rings. The first kappa shape index (κ1) is 17.8. The van der Waals surface area contributed by atoms with Crippen LogP contribution in [0.15, 0.2) is 24.3 Å². The van der Waals surface area contributed by atoms with Gasteiger partial charge in [-0.3, -0.25) is 9.69 Å². The molecule has 0 saturated carbocycles. The van der Waals surface area contributed by atoms with Crippen molar-refractivity contribution in [1.82, 2.24) is 4.90 Å². The zero-order chi connectivity index (χ0) is 16.8. The van der Waals surface area contributed by atoms with Crippen LogP contribution in [0.4, 0.5) is 0 Å². The van der Waals surface area contributed by atoms with Gasteiger partial charge in [0.1, 0.15) is 5.75 Å². The predicted octanol–water partition coefficient (Wildman–Crippen LogP) is 3.80. The molecule has 1 fully saturated rings. The van der Waals surface area contributed by atoms with Crippen molar-refractivity contribution in [2.45, 2.75) is 52.6 Å². The smallest absolute Gasteiger partial charge is 0.307 e. The Bertz CT molecular complexity index is 498. The quantitative estimate of drug-likeness (QED) is 0.830. The fourth-order valence-corrected chi connectivity index (χ4v) is 2.94. The number of carbonyl (C=O) groups is 1. The summed E-state index contributed by atoms with van der Waals surface area (Å²) in [7, 11) is 0. The van der Waals surface area contributed by atoms with Crippen molar-refractivity contribution in [1.29, 1.82) is 0 Å². The normalized spacial score (nSPS) is 22.3. The standard InChI is InChI=1S/C19H29NO3/c1-14(2)10-11-23-18-8-5-16(6-9-18)12-20-13-17(19(21)22)7-4-15(20)3/h5-6,8-9,14-15,17H,4,7,10-13H2,1-3H3,(H,21,22). The van der Waals surface area contributed by atoms with Gasteiger partial charge in [0.05, 0.1) is 12.5 Å². The molecule has 0 amide bonds. The van der Waals surface area contributed by atoms with Gasteiger partial charge in [-0.15, -0.1) is 0 Å². The zero-order valence-electron chi connectivity index (χ0n) is 14.5. The van der Waals surface area contributed by atoms with E-state index in [0.717, 1.165) is 38.2 Å². The van der Waals surface area contributed by atoms with Crippen LogP contribution in [0.2, 0.25) is 0 Å². The van der Waals surface area contributed by atoms with Crippen molar-refractivity contribution in [3.05, 3.63) is 29.8 Å². The second-order valence-electron chi connectivity index (χ2n) is 7.07. The van der Waals surface area contributed by atoms with Gasteiger partial charge in [0.15, 0.2) is 0 Å². The van der Waals surface area contributed by atoms with Crippen LogP contribution in [0.25, 0.3) is 0 Å². The number of likely N-dealkylation sites (tertiary alicyclic amines) is 1. The first-order valence-corrected chi connectivity index (χ1v) is 8.64. The molecule has 4 nitrogen and oxygen atoms in total. The van der Waals surface area contributed by atoms with Crippen LogP contribution < -0.4 is 4.74 Å². The Hall–Kier alpha value is -1.55. The average molecular weight is 319 g/mol. The van der Waals surface area contributed by atoms with E-state index in [-0.39, 0.29) is 5.92 Å². The summed E-state index contributed by atoms with van der Waals surface area (Å²) in [5, 5.41) is 9.22. The lowest BCUT2D eigenvalue weighted by Gasteiger charge is -2.36. The molecule has 23 heavy (non-hydrogen) atoms. The number of rotatable bonds is 7. The Kier molecular flexibility index (Phi) is 6.46. The van der Waals surface area contributed by atoms with E-state index < -0.39 is 5.97 Å². The van der Waals surface area contributed by atoms with Crippen molar-refractivity contribution in [3.8, 4) is 5.75 Å². The molecule has 1 heterocycles. The maximum absolute atomic E-state index is 11.2. The number of benzene rings is 1. The Balaban J connectivity index is 1.88. The number of aliphatic carboxylic acids is 1. The van der Waals surface area contributed by atoms with Gasteiger partial charge in [0.2, 0.25) is 0 Å². The molecule has 0 aromatic heterocycles. The molecule has 0 spiro atoms. The summed E-state index contributed by atoms with van der Waals surface area (Å²) in [6.07, 6.45) is 2.80. The fraction of sp³-hybridized carbons (Fsp3) is 0.632. The van der Waals surface area contributed by atoms with Gasteiger partial charge in [-0.1, -0.05) is 26.0 Å². The third-order valence-corrected chi connectivity index (χ3v) is 4.63. The molecule has 1 N–H and O–H groups in total. The molecule has 1 aliphatic heterocycles. The number of ether oxygens (including phenoxy) is 1. The van der Waals surface area contributed by atoms with Crippen molar-refractivity contribution in [2.24, 2.45) is 11.8 Å². The minimum Gasteiger partial charge on any atom is -0.494 e. The van der Waals surface area contributed by atoms with E-state index in [1.807, 2.05) is 12.1 Å². The summed E-state index contributed by atoms with van der Waals surface area (Å²) >= 11 is 0. The van der Waals surface area contributed by atoms with Gasteiger partial charge < -0.3 is 9.84 Å². The molecule has 1 aromatic carbocycles. The topological polar surface area (TPSA) is 49.8 Å². The predicted molar refractivity (Wildman–Crippen MR) is 91.6 cm³/mol. The summed E-state index contributed by atoms with van der Waals surface area (Å²) in [5.41, 5.74) is 1.21. The van der Waals surface area contributed by atoms with Crippen molar-refractivity contribution in [3.63, 3.8) is 0 Å². The fourth-order valence-electron chi connectivity index (χ4n) is 2.94. The summed E-state index contributed by atoms with van der Waals surface area (Å²) < 4.78 is 5.74. The average Bonchev–Trinajstić information content (AvgIpc) is 2.50. The second kappa shape index (κ2) is 8.34. The first-order chi connectivity index (χ1) is 11.0. The van der Waals surface area contributed by atoms with Gasteiger partial charge in [-0.05, 0) is 49.8 Å². The lowest BCUT2D eigenvalue weighted by Crippen LogP contribution is -2.43. The maximum Gasteiger partial charge on any atom is 0.307 e. The number of piperidine rings is 1. The molecule has 0 aliphatic carbocycles. The van der Waals surface area contributed by atoms with Crippen LogP contribution >= 0.6 is 0 Å². The number of hydrogen-bond acceptors (Lipinski definition) is 3. The van der Waals surface area contributed by atoms with Crippen molar-refractivity contribution >= 4 is 5.97 Å². The Labute approximate surface area is 139 Å². The van der Waals surface area contributed by atoms with Crippen LogP contribution in [0.5, 0.6) is 5.75 Å². The Morgan fingerprint density at radius 2 is 2.00 bits per heavy atom. The SMILES string of the molecule is CC(C)CCOc1ccc(CN2CC(C(=O)O)CCC2C)cc1. The van der Waals surface area contributed by atoms with Gasteiger partial charge in [0.25, 0.3) is 0 Å². The second-order valence-corrected chi connectivity index (χ2v) is 7.07. The number of carboxylic acids is 1. The zero-order valence-corrected chi connectivity index (χ0v) is 14.5. The number of carboxylic acid groups (broad SMARTS) is 1. The van der Waals surface area contributed by atoms with Crippen molar-refractivity contribution in [2.75, 3.05) is 13.2 Å². The van der Waals surface area contributed by atoms with E-state index in [9.17, 15) is 9.90 Å². The van der Waals surface area contributed by atoms with Crippen LogP contribution in [0.1, 0.15) is 45.6 Å². The Morgan fingerprint density at radius 3 is 2.61 bits per heavy atom. The number of hydrogen-bond donors (Lipinski definition) is 1. The van der Waals surface area contributed by atoms with Crippen molar-refractivity contribution < 1.29 is 14.6 Å². The van der Waals surface area contributed by atoms with Crippen LogP contribution in [0, 0.1) is 11.8 Å². The maximum atomic E-state index is 11.2. The monoisotopic (exact) mass is 319 g/mol. The van der Waals surface area contributed by atoms with Gasteiger partial charge in [-0.25, -0.2) is 0 Å².